The number of carbonyl (C=O) groups excluding carboxylic acids is 1. The van der Waals surface area contributed by atoms with Crippen LogP contribution >= 0.6 is 0 Å². The summed E-state index contributed by atoms with van der Waals surface area (Å²) in [4.78, 5) is 25.9. The minimum absolute atomic E-state index is 0.0155. The van der Waals surface area contributed by atoms with Gasteiger partial charge in [-0.05, 0) is 38.2 Å². The van der Waals surface area contributed by atoms with Crippen LogP contribution in [-0.4, -0.2) is 39.9 Å². The van der Waals surface area contributed by atoms with Crippen LogP contribution in [0.25, 0.3) is 0 Å². The maximum atomic E-state index is 12.8. The zero-order chi connectivity index (χ0) is 18.4. The van der Waals surface area contributed by atoms with E-state index in [0.717, 1.165) is 44.7 Å². The summed E-state index contributed by atoms with van der Waals surface area (Å²) in [5.74, 6) is 0.820. The third kappa shape index (κ3) is 4.21. The summed E-state index contributed by atoms with van der Waals surface area (Å²) in [6, 6.07) is 10.6. The fraction of sp³-hybridized carbons (Fsp3) is 0.476. The Kier molecular flexibility index (Phi) is 6.21. The van der Waals surface area contributed by atoms with E-state index in [1.165, 1.54) is 12.0 Å². The van der Waals surface area contributed by atoms with Crippen LogP contribution in [-0.2, 0) is 6.54 Å². The van der Waals surface area contributed by atoms with Crippen LogP contribution in [0.2, 0.25) is 0 Å². The first-order valence-corrected chi connectivity index (χ1v) is 9.64. The average molecular weight is 352 g/mol. The van der Waals surface area contributed by atoms with E-state index in [1.807, 2.05) is 23.1 Å². The molecule has 1 unspecified atom stereocenters. The smallest absolute Gasteiger partial charge is 0.274 e. The molecule has 0 N–H and O–H groups in total. The largest absolute Gasteiger partial charge is 0.351 e. The molecule has 1 saturated heterocycles. The van der Waals surface area contributed by atoms with Crippen molar-refractivity contribution >= 4 is 11.7 Å². The molecule has 1 atom stereocenters. The molecule has 0 saturated carbocycles. The highest BCUT2D eigenvalue weighted by atomic mass is 16.2. The Labute approximate surface area is 156 Å². The number of hydrogen-bond acceptors (Lipinski definition) is 4. The number of hydrogen-bond donors (Lipinski definition) is 0. The lowest BCUT2D eigenvalue weighted by Crippen LogP contribution is -2.43. The minimum atomic E-state index is 0.0155. The van der Waals surface area contributed by atoms with Crippen molar-refractivity contribution in [3.63, 3.8) is 0 Å². The Morgan fingerprint density at radius 3 is 2.62 bits per heavy atom. The van der Waals surface area contributed by atoms with Gasteiger partial charge >= 0.3 is 0 Å². The molecule has 2 aromatic rings. The highest BCUT2D eigenvalue weighted by Gasteiger charge is 2.27. The zero-order valence-corrected chi connectivity index (χ0v) is 15.8. The second kappa shape index (κ2) is 8.79. The molecule has 1 aliphatic heterocycles. The van der Waals surface area contributed by atoms with Gasteiger partial charge in [-0.15, -0.1) is 0 Å². The lowest BCUT2D eigenvalue weighted by atomic mass is 10.00. The number of likely N-dealkylation sites (tertiary alicyclic amines) is 1. The molecule has 1 amide bonds. The van der Waals surface area contributed by atoms with Gasteiger partial charge in [-0.2, -0.15) is 0 Å². The predicted octanol–water partition coefficient (Wildman–Crippen LogP) is 3.91. The lowest BCUT2D eigenvalue weighted by molar-refractivity contribution is 0.0601. The topological polar surface area (TPSA) is 49.3 Å². The Hall–Kier alpha value is -2.43. The van der Waals surface area contributed by atoms with Gasteiger partial charge in [0, 0.05) is 25.7 Å². The number of rotatable bonds is 6. The van der Waals surface area contributed by atoms with E-state index < -0.39 is 0 Å². The van der Waals surface area contributed by atoms with Crippen LogP contribution in [0.1, 0.15) is 55.6 Å². The van der Waals surface area contributed by atoms with Gasteiger partial charge in [0.2, 0.25) is 0 Å². The Morgan fingerprint density at radius 2 is 1.96 bits per heavy atom. The highest BCUT2D eigenvalue weighted by molar-refractivity contribution is 5.92. The van der Waals surface area contributed by atoms with Crippen molar-refractivity contribution in [2.75, 3.05) is 18.0 Å². The van der Waals surface area contributed by atoms with Crippen molar-refractivity contribution in [3.8, 4) is 0 Å². The number of amides is 1. The molecule has 0 spiro atoms. The third-order valence-electron chi connectivity index (χ3n) is 5.14. The van der Waals surface area contributed by atoms with Gasteiger partial charge < -0.3 is 9.80 Å². The molecule has 0 bridgehead atoms. The second-order valence-corrected chi connectivity index (χ2v) is 6.82. The predicted molar refractivity (Wildman–Crippen MR) is 104 cm³/mol. The fourth-order valence-electron chi connectivity index (χ4n) is 3.59. The summed E-state index contributed by atoms with van der Waals surface area (Å²) >= 11 is 0. The molecular weight excluding hydrogens is 324 g/mol. The monoisotopic (exact) mass is 352 g/mol. The van der Waals surface area contributed by atoms with E-state index in [0.29, 0.717) is 11.7 Å². The number of carbonyl (C=O) groups is 1. The summed E-state index contributed by atoms with van der Waals surface area (Å²) in [5, 5.41) is 0. The first-order valence-electron chi connectivity index (χ1n) is 9.64. The lowest BCUT2D eigenvalue weighted by Gasteiger charge is -2.35. The fourth-order valence-corrected chi connectivity index (χ4v) is 3.59. The van der Waals surface area contributed by atoms with Crippen LogP contribution in [0.4, 0.5) is 5.82 Å². The molecule has 5 heteroatoms. The highest BCUT2D eigenvalue weighted by Crippen LogP contribution is 2.21. The van der Waals surface area contributed by atoms with E-state index >= 15 is 0 Å². The number of benzene rings is 1. The quantitative estimate of drug-likeness (QED) is 0.791. The average Bonchev–Trinajstić information content (AvgIpc) is 2.72. The van der Waals surface area contributed by atoms with E-state index in [1.54, 1.807) is 12.4 Å². The number of piperidine rings is 1. The van der Waals surface area contributed by atoms with E-state index in [2.05, 4.69) is 40.8 Å². The van der Waals surface area contributed by atoms with Gasteiger partial charge in [0.05, 0.1) is 12.4 Å². The van der Waals surface area contributed by atoms with Crippen LogP contribution in [0, 0.1) is 0 Å². The first kappa shape index (κ1) is 18.4. The van der Waals surface area contributed by atoms with E-state index in [4.69, 9.17) is 0 Å². The SMILES string of the molecule is CCC1CCCCN1C(=O)c1cnc(N(CC)Cc2ccccc2)cn1. The maximum absolute atomic E-state index is 12.8. The normalized spacial score (nSPS) is 17.2. The maximum Gasteiger partial charge on any atom is 0.274 e. The van der Waals surface area contributed by atoms with Crippen molar-refractivity contribution in [2.24, 2.45) is 0 Å². The van der Waals surface area contributed by atoms with Crippen LogP contribution in [0.3, 0.4) is 0 Å². The van der Waals surface area contributed by atoms with E-state index in [-0.39, 0.29) is 5.91 Å². The molecular formula is C21H28N4O. The molecule has 5 nitrogen and oxygen atoms in total. The van der Waals surface area contributed by atoms with Crippen molar-refractivity contribution in [2.45, 2.75) is 52.1 Å². The van der Waals surface area contributed by atoms with Gasteiger partial charge in [0.25, 0.3) is 5.91 Å². The summed E-state index contributed by atoms with van der Waals surface area (Å²) < 4.78 is 0. The summed E-state index contributed by atoms with van der Waals surface area (Å²) in [7, 11) is 0. The van der Waals surface area contributed by atoms with Gasteiger partial charge in [-0.25, -0.2) is 9.97 Å². The molecule has 26 heavy (non-hydrogen) atoms. The molecule has 0 radical (unpaired) electrons. The van der Waals surface area contributed by atoms with Gasteiger partial charge in [-0.3, -0.25) is 4.79 Å². The van der Waals surface area contributed by atoms with Crippen molar-refractivity contribution in [1.82, 2.24) is 14.9 Å². The number of anilines is 1. The standard InChI is InChI=1S/C21H28N4O/c1-3-18-12-8-9-13-25(18)21(26)19-14-23-20(15-22-19)24(4-2)16-17-10-6-5-7-11-17/h5-7,10-11,14-15,18H,3-4,8-9,12-13,16H2,1-2H3. The molecule has 2 heterocycles. The Morgan fingerprint density at radius 1 is 1.15 bits per heavy atom. The Balaban J connectivity index is 1.71. The van der Waals surface area contributed by atoms with Gasteiger partial charge in [-0.1, -0.05) is 37.3 Å². The summed E-state index contributed by atoms with van der Waals surface area (Å²) in [5.41, 5.74) is 1.68. The molecule has 138 valence electrons. The van der Waals surface area contributed by atoms with Crippen molar-refractivity contribution < 1.29 is 4.79 Å². The molecule has 1 aliphatic rings. The summed E-state index contributed by atoms with van der Waals surface area (Å²) in [6.07, 6.45) is 7.73. The first-order chi connectivity index (χ1) is 12.7. The minimum Gasteiger partial charge on any atom is -0.351 e. The van der Waals surface area contributed by atoms with Crippen molar-refractivity contribution in [3.05, 3.63) is 54.0 Å². The third-order valence-corrected chi connectivity index (χ3v) is 5.14. The molecule has 1 aromatic carbocycles. The molecule has 3 rings (SSSR count). The molecule has 1 aromatic heterocycles. The molecule has 0 aliphatic carbocycles. The van der Waals surface area contributed by atoms with Crippen molar-refractivity contribution in [1.29, 1.82) is 0 Å². The van der Waals surface area contributed by atoms with Crippen LogP contribution in [0.15, 0.2) is 42.7 Å². The summed E-state index contributed by atoms with van der Waals surface area (Å²) in [6.45, 7) is 6.69. The molecule has 1 fully saturated rings. The number of nitrogens with zero attached hydrogens (tertiary/aromatic N) is 4. The Bertz CT molecular complexity index is 702. The van der Waals surface area contributed by atoms with Gasteiger partial charge in [0.1, 0.15) is 11.5 Å². The van der Waals surface area contributed by atoms with Crippen LogP contribution < -0.4 is 4.90 Å². The zero-order valence-electron chi connectivity index (χ0n) is 15.8. The van der Waals surface area contributed by atoms with Crippen LogP contribution in [0.5, 0.6) is 0 Å². The number of aromatic nitrogens is 2. The van der Waals surface area contributed by atoms with E-state index in [9.17, 15) is 4.79 Å². The van der Waals surface area contributed by atoms with Gasteiger partial charge in [0.15, 0.2) is 0 Å². The second-order valence-electron chi connectivity index (χ2n) is 6.82.